The van der Waals surface area contributed by atoms with E-state index in [2.05, 4.69) is 58.7 Å². The van der Waals surface area contributed by atoms with Crippen molar-refractivity contribution < 1.29 is 0 Å². The molecule has 4 rings (SSSR count). The van der Waals surface area contributed by atoms with Crippen LogP contribution in [-0.2, 0) is 0 Å². The van der Waals surface area contributed by atoms with E-state index in [1.807, 2.05) is 18.2 Å². The molecule has 2 aromatic heterocycles. The Morgan fingerprint density at radius 1 is 0.957 bits per heavy atom. The highest BCUT2D eigenvalue weighted by Gasteiger charge is 2.16. The van der Waals surface area contributed by atoms with E-state index in [1.54, 1.807) is 12.5 Å². The molecule has 23 heavy (non-hydrogen) atoms. The Morgan fingerprint density at radius 2 is 1.78 bits per heavy atom. The minimum Gasteiger partial charge on any atom is -0.277 e. The molecule has 0 spiro atoms. The van der Waals surface area contributed by atoms with E-state index >= 15 is 0 Å². The summed E-state index contributed by atoms with van der Waals surface area (Å²) in [6.45, 7) is 4.21. The molecule has 2 heterocycles. The summed E-state index contributed by atoms with van der Waals surface area (Å²) in [6, 6.07) is 16.6. The van der Waals surface area contributed by atoms with Gasteiger partial charge in [-0.3, -0.25) is 4.57 Å². The van der Waals surface area contributed by atoms with Crippen molar-refractivity contribution in [2.24, 2.45) is 0 Å². The van der Waals surface area contributed by atoms with Crippen molar-refractivity contribution in [1.29, 1.82) is 0 Å². The van der Waals surface area contributed by atoms with Crippen LogP contribution in [0.2, 0.25) is 0 Å². The third kappa shape index (κ3) is 2.28. The minimum atomic E-state index is 0.798. The van der Waals surface area contributed by atoms with Gasteiger partial charge in [0.2, 0.25) is 0 Å². The van der Waals surface area contributed by atoms with Crippen LogP contribution in [0.15, 0.2) is 61.1 Å². The van der Waals surface area contributed by atoms with Crippen molar-refractivity contribution >= 4 is 11.2 Å². The molecular formula is C19H16N4. The van der Waals surface area contributed by atoms with Gasteiger partial charge in [-0.1, -0.05) is 42.0 Å². The van der Waals surface area contributed by atoms with Gasteiger partial charge in [-0.05, 0) is 31.5 Å². The maximum atomic E-state index is 4.79. The van der Waals surface area contributed by atoms with Crippen LogP contribution in [-0.4, -0.2) is 19.5 Å². The van der Waals surface area contributed by atoms with Crippen LogP contribution in [0.4, 0.5) is 0 Å². The molecule has 0 aliphatic rings. The number of hydrogen-bond donors (Lipinski definition) is 0. The summed E-state index contributed by atoms with van der Waals surface area (Å²) < 4.78 is 2.09. The van der Waals surface area contributed by atoms with Gasteiger partial charge in [-0.2, -0.15) is 0 Å². The van der Waals surface area contributed by atoms with E-state index in [1.165, 1.54) is 11.1 Å². The molecule has 4 nitrogen and oxygen atoms in total. The van der Waals surface area contributed by atoms with Gasteiger partial charge in [-0.25, -0.2) is 15.0 Å². The standard InChI is InChI=1S/C19H16N4/c1-13-8-9-16(14(2)10-13)18-22-17-11-20-12-21-19(17)23(18)15-6-4-3-5-7-15/h3-12H,1-2H3. The molecule has 0 aliphatic carbocycles. The van der Waals surface area contributed by atoms with Gasteiger partial charge >= 0.3 is 0 Å². The number of nitrogens with zero attached hydrogens (tertiary/aromatic N) is 4. The van der Waals surface area contributed by atoms with Crippen LogP contribution in [0.5, 0.6) is 0 Å². The average molecular weight is 300 g/mol. The topological polar surface area (TPSA) is 43.6 Å². The first kappa shape index (κ1) is 13.6. The largest absolute Gasteiger partial charge is 0.277 e. The second-order valence-corrected chi connectivity index (χ2v) is 5.66. The molecule has 0 bridgehead atoms. The maximum Gasteiger partial charge on any atom is 0.168 e. The number of benzene rings is 2. The highest BCUT2D eigenvalue weighted by molar-refractivity contribution is 5.80. The van der Waals surface area contributed by atoms with Crippen LogP contribution in [0.1, 0.15) is 11.1 Å². The summed E-state index contributed by atoms with van der Waals surface area (Å²) in [5.74, 6) is 0.893. The van der Waals surface area contributed by atoms with Crippen molar-refractivity contribution in [2.45, 2.75) is 13.8 Å². The van der Waals surface area contributed by atoms with Gasteiger partial charge in [0.1, 0.15) is 17.7 Å². The first-order valence-electron chi connectivity index (χ1n) is 7.55. The van der Waals surface area contributed by atoms with Crippen molar-refractivity contribution in [3.8, 4) is 17.1 Å². The second kappa shape index (κ2) is 5.32. The summed E-state index contributed by atoms with van der Waals surface area (Å²) in [7, 11) is 0. The van der Waals surface area contributed by atoms with Gasteiger partial charge in [0.05, 0.1) is 6.20 Å². The number of fused-ring (bicyclic) bond motifs is 1. The number of aromatic nitrogens is 4. The molecule has 0 radical (unpaired) electrons. The lowest BCUT2D eigenvalue weighted by Gasteiger charge is -2.11. The van der Waals surface area contributed by atoms with Crippen LogP contribution in [0.25, 0.3) is 28.2 Å². The van der Waals surface area contributed by atoms with Crippen LogP contribution in [0.3, 0.4) is 0 Å². The minimum absolute atomic E-state index is 0.798. The molecule has 0 saturated carbocycles. The van der Waals surface area contributed by atoms with E-state index in [4.69, 9.17) is 4.98 Å². The lowest BCUT2D eigenvalue weighted by Crippen LogP contribution is -1.99. The normalized spacial score (nSPS) is 11.0. The van der Waals surface area contributed by atoms with E-state index in [-0.39, 0.29) is 0 Å². The van der Waals surface area contributed by atoms with E-state index < -0.39 is 0 Å². The predicted octanol–water partition coefficient (Wildman–Crippen LogP) is 4.10. The Kier molecular flexibility index (Phi) is 3.15. The van der Waals surface area contributed by atoms with E-state index in [9.17, 15) is 0 Å². The Labute approximate surface area is 134 Å². The van der Waals surface area contributed by atoms with E-state index in [0.717, 1.165) is 28.2 Å². The average Bonchev–Trinajstić information content (AvgIpc) is 2.94. The van der Waals surface area contributed by atoms with Gasteiger partial charge < -0.3 is 0 Å². The second-order valence-electron chi connectivity index (χ2n) is 5.66. The van der Waals surface area contributed by atoms with E-state index in [0.29, 0.717) is 0 Å². The lowest BCUT2D eigenvalue weighted by molar-refractivity contribution is 1.06. The molecule has 0 atom stereocenters. The quantitative estimate of drug-likeness (QED) is 0.560. The first-order valence-corrected chi connectivity index (χ1v) is 7.55. The van der Waals surface area contributed by atoms with Crippen molar-refractivity contribution in [1.82, 2.24) is 19.5 Å². The fraction of sp³-hybridized carbons (Fsp3) is 0.105. The molecule has 4 aromatic rings. The molecule has 0 amide bonds. The number of para-hydroxylation sites is 1. The Morgan fingerprint density at radius 3 is 2.57 bits per heavy atom. The summed E-state index contributed by atoms with van der Waals surface area (Å²) in [5, 5.41) is 0. The number of imidazole rings is 1. The molecule has 0 fully saturated rings. The summed E-state index contributed by atoms with van der Waals surface area (Å²) in [4.78, 5) is 13.3. The molecular weight excluding hydrogens is 284 g/mol. The SMILES string of the molecule is Cc1ccc(-c2nc3cncnc3n2-c2ccccc2)c(C)c1. The first-order chi connectivity index (χ1) is 11.2. The van der Waals surface area contributed by atoms with Gasteiger partial charge in [0.15, 0.2) is 5.65 Å². The fourth-order valence-corrected chi connectivity index (χ4v) is 2.90. The highest BCUT2D eigenvalue weighted by atomic mass is 15.1. The van der Waals surface area contributed by atoms with Crippen LogP contribution < -0.4 is 0 Å². The smallest absolute Gasteiger partial charge is 0.168 e. The third-order valence-electron chi connectivity index (χ3n) is 3.96. The number of rotatable bonds is 2. The van der Waals surface area contributed by atoms with Crippen molar-refractivity contribution in [3.63, 3.8) is 0 Å². The molecule has 0 N–H and O–H groups in total. The Hall–Kier alpha value is -3.01. The molecule has 4 heteroatoms. The summed E-state index contributed by atoms with van der Waals surface area (Å²) in [5.41, 5.74) is 6.22. The van der Waals surface area contributed by atoms with Crippen LogP contribution >= 0.6 is 0 Å². The zero-order valence-electron chi connectivity index (χ0n) is 13.1. The summed E-state index contributed by atoms with van der Waals surface area (Å²) >= 11 is 0. The molecule has 0 unspecified atom stereocenters. The van der Waals surface area contributed by atoms with Crippen molar-refractivity contribution in [2.75, 3.05) is 0 Å². The number of aryl methyl sites for hydroxylation is 2. The highest BCUT2D eigenvalue weighted by Crippen LogP contribution is 2.29. The predicted molar refractivity (Wildman–Crippen MR) is 91.6 cm³/mol. The maximum absolute atomic E-state index is 4.79. The van der Waals surface area contributed by atoms with Crippen LogP contribution in [0, 0.1) is 13.8 Å². The van der Waals surface area contributed by atoms with Crippen molar-refractivity contribution in [3.05, 3.63) is 72.2 Å². The Bertz CT molecular complexity index is 987. The zero-order chi connectivity index (χ0) is 15.8. The molecule has 0 saturated heterocycles. The summed E-state index contributed by atoms with van der Waals surface area (Å²) in [6.07, 6.45) is 3.32. The monoisotopic (exact) mass is 300 g/mol. The molecule has 0 aliphatic heterocycles. The fourth-order valence-electron chi connectivity index (χ4n) is 2.90. The van der Waals surface area contributed by atoms with Gasteiger partial charge in [-0.15, -0.1) is 0 Å². The Balaban J connectivity index is 2.07. The molecule has 2 aromatic carbocycles. The molecule has 112 valence electrons. The van der Waals surface area contributed by atoms with Gasteiger partial charge in [0, 0.05) is 11.3 Å². The lowest BCUT2D eigenvalue weighted by atomic mass is 10.1. The number of hydrogen-bond acceptors (Lipinski definition) is 3. The zero-order valence-corrected chi connectivity index (χ0v) is 13.1. The third-order valence-corrected chi connectivity index (χ3v) is 3.96. The van der Waals surface area contributed by atoms with Gasteiger partial charge in [0.25, 0.3) is 0 Å².